The molecule has 0 unspecified atom stereocenters. The molecule has 208 valence electrons. The fourth-order valence-corrected chi connectivity index (χ4v) is 6.77. The van der Waals surface area contributed by atoms with E-state index in [-0.39, 0.29) is 24.3 Å². The summed E-state index contributed by atoms with van der Waals surface area (Å²) in [6, 6.07) is 13.4. The number of hydrogen-bond acceptors (Lipinski definition) is 6. The van der Waals surface area contributed by atoms with Gasteiger partial charge >= 0.3 is 6.18 Å². The van der Waals surface area contributed by atoms with Crippen LogP contribution < -0.4 is 10.0 Å². The van der Waals surface area contributed by atoms with Gasteiger partial charge < -0.3 is 15.0 Å². The van der Waals surface area contributed by atoms with Gasteiger partial charge in [0.15, 0.2) is 0 Å². The summed E-state index contributed by atoms with van der Waals surface area (Å²) < 4.78 is 75.1. The van der Waals surface area contributed by atoms with Gasteiger partial charge in [-0.3, -0.25) is 4.90 Å². The summed E-state index contributed by atoms with van der Waals surface area (Å²) in [7, 11) is -1.46. The molecule has 3 aliphatic heterocycles. The highest BCUT2D eigenvalue weighted by Gasteiger charge is 2.43. The number of fused-ring (bicyclic) bond motifs is 3. The zero-order valence-electron chi connectivity index (χ0n) is 21.5. The van der Waals surface area contributed by atoms with E-state index in [0.29, 0.717) is 30.6 Å². The zero-order valence-corrected chi connectivity index (χ0v) is 22.3. The fraction of sp³-hybridized carbons (Fsp3) is 0.556. The first-order chi connectivity index (χ1) is 18.1. The average molecular weight is 553 g/mol. The summed E-state index contributed by atoms with van der Waals surface area (Å²) in [4.78, 5) is 4.37. The number of benzene rings is 2. The Bertz CT molecular complexity index is 1200. The van der Waals surface area contributed by atoms with Gasteiger partial charge in [0.1, 0.15) is 0 Å². The van der Waals surface area contributed by atoms with Crippen LogP contribution in [0.4, 0.5) is 18.9 Å². The molecule has 0 bridgehead atoms. The van der Waals surface area contributed by atoms with Crippen molar-refractivity contribution < 1.29 is 26.3 Å². The van der Waals surface area contributed by atoms with Gasteiger partial charge in [-0.15, -0.1) is 0 Å². The number of nitrogens with zero attached hydrogens (tertiary/aromatic N) is 2. The van der Waals surface area contributed by atoms with E-state index in [2.05, 4.69) is 26.9 Å². The second-order valence-electron chi connectivity index (χ2n) is 10.6. The van der Waals surface area contributed by atoms with Crippen LogP contribution in [0.2, 0.25) is 0 Å². The Morgan fingerprint density at radius 1 is 1.05 bits per heavy atom. The molecule has 0 radical (unpaired) electrons. The summed E-state index contributed by atoms with van der Waals surface area (Å²) in [5.41, 5.74) is 1.41. The Kier molecular flexibility index (Phi) is 8.02. The quantitative estimate of drug-likeness (QED) is 0.544. The highest BCUT2D eigenvalue weighted by Crippen LogP contribution is 2.51. The van der Waals surface area contributed by atoms with E-state index in [4.69, 9.17) is 4.74 Å². The van der Waals surface area contributed by atoms with Gasteiger partial charge in [0.25, 0.3) is 0 Å². The third kappa shape index (κ3) is 6.34. The summed E-state index contributed by atoms with van der Waals surface area (Å²) in [5.74, 6) is -0.0775. The maximum atomic E-state index is 13.5. The molecule has 3 heterocycles. The Balaban J connectivity index is 1.29. The number of piperazine rings is 1. The molecule has 0 saturated carbocycles. The van der Waals surface area contributed by atoms with E-state index in [9.17, 15) is 21.6 Å². The largest absolute Gasteiger partial charge is 0.416 e. The molecule has 2 fully saturated rings. The van der Waals surface area contributed by atoms with Crippen LogP contribution in [0.1, 0.15) is 41.7 Å². The molecule has 0 aromatic heterocycles. The number of likely N-dealkylation sites (N-methyl/N-ethyl adjacent to an activating group) is 1. The number of anilines is 1. The maximum absolute atomic E-state index is 13.5. The van der Waals surface area contributed by atoms with Gasteiger partial charge in [-0.1, -0.05) is 30.3 Å². The predicted molar refractivity (Wildman–Crippen MR) is 140 cm³/mol. The smallest absolute Gasteiger partial charge is 0.378 e. The summed E-state index contributed by atoms with van der Waals surface area (Å²) in [5, 5.41) is 3.45. The molecule has 11 heteroatoms. The second-order valence-corrected chi connectivity index (χ2v) is 12.5. The number of nitrogens with one attached hydrogen (secondary N) is 2. The summed E-state index contributed by atoms with van der Waals surface area (Å²) in [6.07, 6.45) is -4.16. The standard InChI is InChI=1S/C27H35F3N4O3S/c1-33-11-13-34(14-12-33)15-16-38(35,36)31-18-21-8-9-22-25(19-5-3-2-4-6-19)32-24-10-7-20(27(28,29)30)17-23(24)26(22)37-21/h2-7,10,17,21-22,25-26,31-32H,8-9,11-16,18H2,1H3/t21-,22+,25+,26+/m1/s1. The van der Waals surface area contributed by atoms with Gasteiger partial charge in [-0.2, -0.15) is 13.2 Å². The van der Waals surface area contributed by atoms with Crippen LogP contribution in [0.5, 0.6) is 0 Å². The molecule has 2 aromatic rings. The van der Waals surface area contributed by atoms with Gasteiger partial charge in [-0.25, -0.2) is 13.1 Å². The topological polar surface area (TPSA) is 73.9 Å². The van der Waals surface area contributed by atoms with Gasteiger partial charge in [0.05, 0.1) is 29.6 Å². The molecule has 0 aliphatic carbocycles. The fourth-order valence-electron chi connectivity index (χ4n) is 5.69. The van der Waals surface area contributed by atoms with Crippen LogP contribution in [0.25, 0.3) is 0 Å². The highest BCUT2D eigenvalue weighted by atomic mass is 32.2. The molecule has 4 atom stereocenters. The molecular formula is C27H35F3N4O3S. The molecule has 0 amide bonds. The number of rotatable bonds is 7. The Morgan fingerprint density at radius 2 is 1.79 bits per heavy atom. The third-order valence-corrected chi connectivity index (χ3v) is 9.26. The van der Waals surface area contributed by atoms with Crippen molar-refractivity contribution in [2.45, 2.75) is 37.3 Å². The highest BCUT2D eigenvalue weighted by molar-refractivity contribution is 7.89. The van der Waals surface area contributed by atoms with Crippen molar-refractivity contribution in [1.29, 1.82) is 0 Å². The number of halogens is 3. The Hall–Kier alpha value is -2.18. The lowest BCUT2D eigenvalue weighted by molar-refractivity contribution is -0.138. The number of ether oxygens (including phenoxy) is 1. The van der Waals surface area contributed by atoms with Crippen LogP contribution in [0.15, 0.2) is 48.5 Å². The van der Waals surface area contributed by atoms with Crippen molar-refractivity contribution in [1.82, 2.24) is 14.5 Å². The van der Waals surface area contributed by atoms with Crippen LogP contribution in [0, 0.1) is 5.92 Å². The maximum Gasteiger partial charge on any atom is 0.416 e. The lowest BCUT2D eigenvalue weighted by Crippen LogP contribution is -2.47. The van der Waals surface area contributed by atoms with Crippen LogP contribution in [0.3, 0.4) is 0 Å². The Morgan fingerprint density at radius 3 is 2.50 bits per heavy atom. The first kappa shape index (κ1) is 27.4. The number of sulfonamides is 1. The third-order valence-electron chi connectivity index (χ3n) is 7.94. The van der Waals surface area contributed by atoms with Crippen LogP contribution in [-0.2, 0) is 20.9 Å². The lowest BCUT2D eigenvalue weighted by atomic mass is 9.76. The predicted octanol–water partition coefficient (Wildman–Crippen LogP) is 3.88. The SMILES string of the molecule is CN1CCN(CCS(=O)(=O)NC[C@H]2CC[C@@H]3[C@H](O2)c2cc(C(F)(F)F)ccc2N[C@H]3c2ccccc2)CC1. The molecule has 38 heavy (non-hydrogen) atoms. The van der Waals surface area contributed by atoms with E-state index in [0.717, 1.165) is 37.8 Å². The van der Waals surface area contributed by atoms with E-state index in [1.165, 1.54) is 12.1 Å². The minimum atomic E-state index is -4.46. The van der Waals surface area contributed by atoms with Crippen molar-refractivity contribution >= 4 is 15.7 Å². The first-order valence-electron chi connectivity index (χ1n) is 13.2. The van der Waals surface area contributed by atoms with Crippen molar-refractivity contribution in [2.75, 3.05) is 57.4 Å². The van der Waals surface area contributed by atoms with Gasteiger partial charge in [0, 0.05) is 56.4 Å². The summed E-state index contributed by atoms with van der Waals surface area (Å²) in [6.45, 7) is 4.10. The van der Waals surface area contributed by atoms with Crippen LogP contribution >= 0.6 is 0 Å². The molecule has 0 spiro atoms. The van der Waals surface area contributed by atoms with Crippen molar-refractivity contribution in [2.24, 2.45) is 5.92 Å². The van der Waals surface area contributed by atoms with Crippen molar-refractivity contribution in [3.05, 3.63) is 65.2 Å². The molecule has 2 saturated heterocycles. The van der Waals surface area contributed by atoms with Crippen molar-refractivity contribution in [3.63, 3.8) is 0 Å². The van der Waals surface area contributed by atoms with Gasteiger partial charge in [-0.05, 0) is 43.7 Å². The molecule has 5 rings (SSSR count). The monoisotopic (exact) mass is 552 g/mol. The van der Waals surface area contributed by atoms with Gasteiger partial charge in [0.2, 0.25) is 10.0 Å². The molecule has 2 aromatic carbocycles. The first-order valence-corrected chi connectivity index (χ1v) is 14.8. The average Bonchev–Trinajstić information content (AvgIpc) is 2.91. The van der Waals surface area contributed by atoms with E-state index < -0.39 is 34.0 Å². The molecule has 7 nitrogen and oxygen atoms in total. The molecule has 2 N–H and O–H groups in total. The van der Waals surface area contributed by atoms with Crippen LogP contribution in [-0.4, -0.2) is 76.4 Å². The summed E-state index contributed by atoms with van der Waals surface area (Å²) >= 11 is 0. The van der Waals surface area contributed by atoms with Crippen molar-refractivity contribution in [3.8, 4) is 0 Å². The van der Waals surface area contributed by atoms with E-state index in [1.54, 1.807) is 0 Å². The molecular weight excluding hydrogens is 517 g/mol. The lowest BCUT2D eigenvalue weighted by Gasteiger charge is -2.46. The number of alkyl halides is 3. The zero-order chi connectivity index (χ0) is 26.9. The Labute approximate surface area is 222 Å². The number of hydrogen-bond donors (Lipinski definition) is 2. The second kappa shape index (κ2) is 11.1. The molecule has 3 aliphatic rings. The minimum absolute atomic E-state index is 0.00721. The van der Waals surface area contributed by atoms with E-state index in [1.807, 2.05) is 30.3 Å². The minimum Gasteiger partial charge on any atom is -0.378 e. The normalized spacial score (nSPS) is 26.8. The van der Waals surface area contributed by atoms with E-state index >= 15 is 0 Å².